The smallest absolute Gasteiger partial charge is 0.270 e. The molecular formula is C17H26Cl2N4OS. The molecule has 0 aliphatic rings. The minimum Gasteiger partial charge on any atom is -0.349 e. The molecule has 0 fully saturated rings. The molecular weight excluding hydrogens is 379 g/mol. The van der Waals surface area contributed by atoms with Gasteiger partial charge in [0, 0.05) is 18.5 Å². The van der Waals surface area contributed by atoms with Crippen LogP contribution in [0.1, 0.15) is 39.6 Å². The van der Waals surface area contributed by atoms with Gasteiger partial charge in [0.05, 0.1) is 6.04 Å². The maximum absolute atomic E-state index is 12.2. The van der Waals surface area contributed by atoms with E-state index in [2.05, 4.69) is 46.4 Å². The van der Waals surface area contributed by atoms with E-state index in [-0.39, 0.29) is 36.8 Å². The van der Waals surface area contributed by atoms with Gasteiger partial charge in [-0.1, -0.05) is 31.2 Å². The highest BCUT2D eigenvalue weighted by Gasteiger charge is 2.17. The highest BCUT2D eigenvalue weighted by atomic mass is 35.5. The van der Waals surface area contributed by atoms with E-state index in [0.29, 0.717) is 18.8 Å². The van der Waals surface area contributed by atoms with Crippen molar-refractivity contribution in [1.82, 2.24) is 15.2 Å². The van der Waals surface area contributed by atoms with Crippen molar-refractivity contribution < 1.29 is 4.79 Å². The molecule has 1 heterocycles. The van der Waals surface area contributed by atoms with E-state index < -0.39 is 0 Å². The number of benzene rings is 1. The first-order valence-corrected chi connectivity index (χ1v) is 8.61. The monoisotopic (exact) mass is 404 g/mol. The number of nitrogens with one attached hydrogen (secondary N) is 1. The molecule has 0 saturated carbocycles. The van der Waals surface area contributed by atoms with Gasteiger partial charge in [-0.25, -0.2) is 4.98 Å². The SMILES string of the molecule is CCc1ccc(C(CNC(=O)c2csc(CN)n2)N(C)C)cc1.Cl.Cl. The van der Waals surface area contributed by atoms with Crippen molar-refractivity contribution in [3.63, 3.8) is 0 Å². The number of thiazole rings is 1. The van der Waals surface area contributed by atoms with Gasteiger partial charge >= 0.3 is 0 Å². The van der Waals surface area contributed by atoms with Gasteiger partial charge in [0.15, 0.2) is 0 Å². The van der Waals surface area contributed by atoms with Gasteiger partial charge in [-0.2, -0.15) is 0 Å². The number of halogens is 2. The van der Waals surface area contributed by atoms with Crippen molar-refractivity contribution in [2.24, 2.45) is 5.73 Å². The number of rotatable bonds is 7. The summed E-state index contributed by atoms with van der Waals surface area (Å²) in [5, 5.41) is 5.49. The molecule has 0 radical (unpaired) electrons. The maximum Gasteiger partial charge on any atom is 0.270 e. The molecule has 0 bridgehead atoms. The van der Waals surface area contributed by atoms with Crippen LogP contribution in [0.15, 0.2) is 29.6 Å². The van der Waals surface area contributed by atoms with Crippen LogP contribution in [0.3, 0.4) is 0 Å². The number of nitrogens with zero attached hydrogens (tertiary/aromatic N) is 2. The average molecular weight is 405 g/mol. The van der Waals surface area contributed by atoms with Crippen LogP contribution >= 0.6 is 36.2 Å². The fraction of sp³-hybridized carbons (Fsp3) is 0.412. The molecule has 1 aromatic heterocycles. The van der Waals surface area contributed by atoms with Crippen LogP contribution in [-0.4, -0.2) is 36.4 Å². The lowest BCUT2D eigenvalue weighted by molar-refractivity contribution is 0.0937. The molecule has 2 aromatic rings. The average Bonchev–Trinajstić information content (AvgIpc) is 3.04. The maximum atomic E-state index is 12.2. The topological polar surface area (TPSA) is 71.2 Å². The fourth-order valence-electron chi connectivity index (χ4n) is 2.36. The summed E-state index contributed by atoms with van der Waals surface area (Å²) in [6, 6.07) is 8.66. The van der Waals surface area contributed by atoms with E-state index in [4.69, 9.17) is 5.73 Å². The first-order valence-electron chi connectivity index (χ1n) is 7.73. The van der Waals surface area contributed by atoms with E-state index in [1.807, 2.05) is 14.1 Å². The number of amides is 1. The van der Waals surface area contributed by atoms with Crippen LogP contribution < -0.4 is 11.1 Å². The van der Waals surface area contributed by atoms with Gasteiger partial charge in [-0.15, -0.1) is 36.2 Å². The summed E-state index contributed by atoms with van der Waals surface area (Å²) in [4.78, 5) is 18.5. The Morgan fingerprint density at radius 2 is 1.92 bits per heavy atom. The molecule has 140 valence electrons. The van der Waals surface area contributed by atoms with Gasteiger partial charge < -0.3 is 16.0 Å². The number of likely N-dealkylation sites (N-methyl/N-ethyl adjacent to an activating group) is 1. The van der Waals surface area contributed by atoms with E-state index in [9.17, 15) is 4.79 Å². The molecule has 3 N–H and O–H groups in total. The third kappa shape index (κ3) is 6.56. The number of carbonyl (C=O) groups is 1. The highest BCUT2D eigenvalue weighted by molar-refractivity contribution is 7.09. The summed E-state index contributed by atoms with van der Waals surface area (Å²) in [7, 11) is 4.03. The van der Waals surface area contributed by atoms with Crippen LogP contribution in [0, 0.1) is 0 Å². The van der Waals surface area contributed by atoms with E-state index in [0.717, 1.165) is 11.4 Å². The second-order valence-electron chi connectivity index (χ2n) is 5.62. The Hall–Kier alpha value is -1.18. The molecule has 1 unspecified atom stereocenters. The minimum absolute atomic E-state index is 0. The second-order valence-corrected chi connectivity index (χ2v) is 6.56. The van der Waals surface area contributed by atoms with E-state index >= 15 is 0 Å². The molecule has 8 heteroatoms. The molecule has 2 rings (SSSR count). The Balaban J connectivity index is 0.00000288. The number of aromatic nitrogens is 1. The Morgan fingerprint density at radius 1 is 1.28 bits per heavy atom. The van der Waals surface area contributed by atoms with Crippen molar-refractivity contribution in [3.8, 4) is 0 Å². The van der Waals surface area contributed by atoms with Crippen LogP contribution in [-0.2, 0) is 13.0 Å². The van der Waals surface area contributed by atoms with Crippen molar-refractivity contribution in [1.29, 1.82) is 0 Å². The third-order valence-corrected chi connectivity index (χ3v) is 4.68. The summed E-state index contributed by atoms with van der Waals surface area (Å²) in [6.45, 7) is 3.04. The van der Waals surface area contributed by atoms with Gasteiger partial charge in [0.2, 0.25) is 0 Å². The summed E-state index contributed by atoms with van der Waals surface area (Å²) in [6.07, 6.45) is 1.02. The van der Waals surface area contributed by atoms with Crippen molar-refractivity contribution in [3.05, 3.63) is 51.5 Å². The lowest BCUT2D eigenvalue weighted by Gasteiger charge is -2.25. The molecule has 1 atom stereocenters. The second kappa shape index (κ2) is 11.4. The first kappa shape index (κ1) is 23.8. The lowest BCUT2D eigenvalue weighted by Crippen LogP contribution is -2.34. The first-order chi connectivity index (χ1) is 11.0. The van der Waals surface area contributed by atoms with Crippen LogP contribution in [0.2, 0.25) is 0 Å². The Morgan fingerprint density at radius 3 is 2.40 bits per heavy atom. The zero-order valence-electron chi connectivity index (χ0n) is 14.7. The summed E-state index contributed by atoms with van der Waals surface area (Å²) in [5.74, 6) is -0.155. The molecule has 5 nitrogen and oxygen atoms in total. The predicted octanol–water partition coefficient (Wildman–Crippen LogP) is 3.04. The van der Waals surface area contributed by atoms with Gasteiger partial charge in [0.25, 0.3) is 5.91 Å². The van der Waals surface area contributed by atoms with E-state index in [1.165, 1.54) is 22.5 Å². The van der Waals surface area contributed by atoms with Crippen molar-refractivity contribution >= 4 is 42.1 Å². The fourth-order valence-corrected chi connectivity index (χ4v) is 3.02. The highest BCUT2D eigenvalue weighted by Crippen LogP contribution is 2.18. The lowest BCUT2D eigenvalue weighted by atomic mass is 10.0. The number of nitrogens with two attached hydrogens (primary N) is 1. The van der Waals surface area contributed by atoms with Gasteiger partial charge in [-0.3, -0.25) is 4.79 Å². The van der Waals surface area contributed by atoms with Crippen molar-refractivity contribution in [2.45, 2.75) is 25.9 Å². The van der Waals surface area contributed by atoms with Gasteiger partial charge in [-0.05, 0) is 31.6 Å². The van der Waals surface area contributed by atoms with Crippen LogP contribution in [0.4, 0.5) is 0 Å². The Labute approximate surface area is 165 Å². The Bertz CT molecular complexity index is 646. The normalized spacial score (nSPS) is 11.4. The minimum atomic E-state index is -0.155. The zero-order valence-corrected chi connectivity index (χ0v) is 17.1. The zero-order chi connectivity index (χ0) is 16.8. The molecule has 25 heavy (non-hydrogen) atoms. The molecule has 1 amide bonds. The van der Waals surface area contributed by atoms with Crippen LogP contribution in [0.25, 0.3) is 0 Å². The summed E-state index contributed by atoms with van der Waals surface area (Å²) in [5.41, 5.74) is 8.47. The molecule has 1 aromatic carbocycles. The molecule has 0 aliphatic carbocycles. The third-order valence-electron chi connectivity index (χ3n) is 3.81. The van der Waals surface area contributed by atoms with Gasteiger partial charge in [0.1, 0.15) is 10.7 Å². The Kier molecular flexibility index (Phi) is 10.9. The molecule has 0 saturated heterocycles. The van der Waals surface area contributed by atoms with E-state index in [1.54, 1.807) is 5.38 Å². The number of hydrogen-bond acceptors (Lipinski definition) is 5. The molecule has 0 spiro atoms. The largest absolute Gasteiger partial charge is 0.349 e. The van der Waals surface area contributed by atoms with Crippen LogP contribution in [0.5, 0.6) is 0 Å². The number of aryl methyl sites for hydroxylation is 1. The number of hydrogen-bond donors (Lipinski definition) is 2. The standard InChI is InChI=1S/C17H24N4OS.2ClH/c1-4-12-5-7-13(8-6-12)15(21(2)3)10-19-17(22)14-11-23-16(9-18)20-14;;/h5-8,11,15H,4,9-10,18H2,1-3H3,(H,19,22);2*1H. The summed E-state index contributed by atoms with van der Waals surface area (Å²) < 4.78 is 0. The predicted molar refractivity (Wildman–Crippen MR) is 109 cm³/mol. The number of carbonyl (C=O) groups excluding carboxylic acids is 1. The quantitative estimate of drug-likeness (QED) is 0.743. The van der Waals surface area contributed by atoms with Crippen molar-refractivity contribution in [2.75, 3.05) is 20.6 Å². The molecule has 0 aliphatic heterocycles. The summed E-state index contributed by atoms with van der Waals surface area (Å²) >= 11 is 1.41.